The quantitative estimate of drug-likeness (QED) is 0.511. The van der Waals surface area contributed by atoms with Crippen molar-refractivity contribution in [2.45, 2.75) is 26.9 Å². The van der Waals surface area contributed by atoms with Crippen LogP contribution in [0.2, 0.25) is 0 Å². The zero-order chi connectivity index (χ0) is 20.4. The van der Waals surface area contributed by atoms with E-state index in [0.29, 0.717) is 22.8 Å². The van der Waals surface area contributed by atoms with Gasteiger partial charge >= 0.3 is 0 Å². The Bertz CT molecular complexity index is 1100. The molecule has 1 aliphatic heterocycles. The van der Waals surface area contributed by atoms with Crippen molar-refractivity contribution < 1.29 is 18.7 Å². The van der Waals surface area contributed by atoms with Crippen LogP contribution in [-0.2, 0) is 13.0 Å². The third-order valence-electron chi connectivity index (χ3n) is 5.01. The summed E-state index contributed by atoms with van der Waals surface area (Å²) >= 11 is 0. The summed E-state index contributed by atoms with van der Waals surface area (Å²) in [6, 6.07) is 17.8. The molecule has 0 spiro atoms. The van der Waals surface area contributed by atoms with Gasteiger partial charge in [-0.25, -0.2) is 4.39 Å². The summed E-state index contributed by atoms with van der Waals surface area (Å²) in [5.41, 5.74) is 4.16. The lowest BCUT2D eigenvalue weighted by Gasteiger charge is -2.11. The Balaban J connectivity index is 1.55. The Morgan fingerprint density at radius 3 is 2.55 bits per heavy atom. The van der Waals surface area contributed by atoms with E-state index in [4.69, 9.17) is 9.47 Å². The smallest absolute Gasteiger partial charge is 0.231 e. The molecule has 0 aromatic heterocycles. The van der Waals surface area contributed by atoms with Gasteiger partial charge in [0.05, 0.1) is 5.56 Å². The molecule has 0 amide bonds. The summed E-state index contributed by atoms with van der Waals surface area (Å²) in [6.45, 7) is 4.19. The Hall–Kier alpha value is -3.40. The molecule has 29 heavy (non-hydrogen) atoms. The van der Waals surface area contributed by atoms with Gasteiger partial charge in [0.2, 0.25) is 5.78 Å². The number of carbonyl (C=O) groups excluding carboxylic acids is 1. The molecule has 0 saturated carbocycles. The van der Waals surface area contributed by atoms with E-state index in [1.807, 2.05) is 31.2 Å². The van der Waals surface area contributed by atoms with Gasteiger partial charge < -0.3 is 9.47 Å². The minimum atomic E-state index is -0.299. The van der Waals surface area contributed by atoms with Crippen LogP contribution >= 0.6 is 0 Å². The van der Waals surface area contributed by atoms with E-state index in [-0.39, 0.29) is 18.2 Å². The van der Waals surface area contributed by atoms with E-state index >= 15 is 0 Å². The van der Waals surface area contributed by atoms with Gasteiger partial charge in [-0.1, -0.05) is 43.3 Å². The van der Waals surface area contributed by atoms with Crippen molar-refractivity contribution in [3.8, 4) is 11.5 Å². The molecule has 146 valence electrons. The Kier molecular flexibility index (Phi) is 5.17. The molecule has 0 aliphatic carbocycles. The zero-order valence-electron chi connectivity index (χ0n) is 16.4. The maximum absolute atomic E-state index is 13.3. The number of hydrogen-bond acceptors (Lipinski definition) is 3. The molecule has 0 radical (unpaired) electrons. The third-order valence-corrected chi connectivity index (χ3v) is 5.01. The molecule has 0 bridgehead atoms. The summed E-state index contributed by atoms with van der Waals surface area (Å²) < 4.78 is 25.1. The van der Waals surface area contributed by atoms with Gasteiger partial charge in [-0.3, -0.25) is 4.79 Å². The third kappa shape index (κ3) is 3.92. The largest absolute Gasteiger partial charge is 0.488 e. The highest BCUT2D eigenvalue weighted by atomic mass is 19.1. The predicted octanol–water partition coefficient (Wildman–Crippen LogP) is 5.89. The van der Waals surface area contributed by atoms with Crippen LogP contribution < -0.4 is 9.47 Å². The highest BCUT2D eigenvalue weighted by molar-refractivity contribution is 6.14. The fourth-order valence-electron chi connectivity index (χ4n) is 3.31. The Morgan fingerprint density at radius 1 is 1.03 bits per heavy atom. The average Bonchev–Trinajstić information content (AvgIpc) is 3.04. The molecule has 0 atom stereocenters. The van der Waals surface area contributed by atoms with E-state index in [1.165, 1.54) is 17.7 Å². The number of ketones is 1. The number of allylic oxidation sites excluding steroid dienone is 1. The average molecular weight is 388 g/mol. The van der Waals surface area contributed by atoms with Crippen molar-refractivity contribution in [1.29, 1.82) is 0 Å². The monoisotopic (exact) mass is 388 g/mol. The summed E-state index contributed by atoms with van der Waals surface area (Å²) in [7, 11) is 0. The first-order valence-electron chi connectivity index (χ1n) is 9.59. The molecule has 1 aliphatic rings. The van der Waals surface area contributed by atoms with Crippen LogP contribution in [0.3, 0.4) is 0 Å². The van der Waals surface area contributed by atoms with Crippen LogP contribution in [0.5, 0.6) is 11.5 Å². The first kappa shape index (κ1) is 18.9. The molecule has 0 fully saturated rings. The van der Waals surface area contributed by atoms with Crippen molar-refractivity contribution in [1.82, 2.24) is 0 Å². The molecule has 1 heterocycles. The van der Waals surface area contributed by atoms with Crippen molar-refractivity contribution in [2.75, 3.05) is 0 Å². The summed E-state index contributed by atoms with van der Waals surface area (Å²) in [6.07, 6.45) is 2.73. The SMILES string of the molecule is CCc1ccc(/C=C2\Oc3c(ccc(OCc4cccc(F)c4)c3C)C2=O)cc1. The number of hydrogen-bond donors (Lipinski definition) is 0. The lowest BCUT2D eigenvalue weighted by Crippen LogP contribution is -1.98. The number of carbonyl (C=O) groups is 1. The van der Waals surface area contributed by atoms with Crippen LogP contribution in [0.25, 0.3) is 6.08 Å². The number of Topliss-reactive ketones (excluding diaryl/α,β-unsaturated/α-hetero) is 1. The lowest BCUT2D eigenvalue weighted by molar-refractivity contribution is 0.101. The minimum Gasteiger partial charge on any atom is -0.488 e. The second-order valence-electron chi connectivity index (χ2n) is 7.02. The molecule has 3 aromatic carbocycles. The van der Waals surface area contributed by atoms with E-state index in [0.717, 1.165) is 23.1 Å². The maximum atomic E-state index is 13.3. The lowest BCUT2D eigenvalue weighted by atomic mass is 10.0. The number of ether oxygens (including phenoxy) is 2. The van der Waals surface area contributed by atoms with Crippen LogP contribution in [0.4, 0.5) is 4.39 Å². The molecule has 4 heteroatoms. The summed E-state index contributed by atoms with van der Waals surface area (Å²) in [4.78, 5) is 12.7. The highest BCUT2D eigenvalue weighted by Crippen LogP contribution is 2.39. The first-order chi connectivity index (χ1) is 14.0. The van der Waals surface area contributed by atoms with Crippen LogP contribution in [0, 0.1) is 12.7 Å². The standard InChI is InChI=1S/C25H21FO3/c1-3-17-7-9-18(10-8-17)14-23-24(27)21-11-12-22(16(2)25(21)29-23)28-15-19-5-4-6-20(26)13-19/h4-14H,3,15H2,1-2H3/b23-14-. The van der Waals surface area contributed by atoms with Gasteiger partial charge in [-0.05, 0) is 60.4 Å². The van der Waals surface area contributed by atoms with E-state index in [9.17, 15) is 9.18 Å². The molecule has 0 saturated heterocycles. The first-order valence-corrected chi connectivity index (χ1v) is 9.59. The molecule has 0 N–H and O–H groups in total. The highest BCUT2D eigenvalue weighted by Gasteiger charge is 2.30. The van der Waals surface area contributed by atoms with E-state index in [2.05, 4.69) is 6.92 Å². The van der Waals surface area contributed by atoms with Crippen LogP contribution in [-0.4, -0.2) is 5.78 Å². The van der Waals surface area contributed by atoms with E-state index in [1.54, 1.807) is 30.3 Å². The second kappa shape index (κ2) is 7.92. The van der Waals surface area contributed by atoms with Gasteiger partial charge in [-0.2, -0.15) is 0 Å². The van der Waals surface area contributed by atoms with E-state index < -0.39 is 0 Å². The Labute approximate surface area is 169 Å². The number of aryl methyl sites for hydroxylation is 1. The molecular weight excluding hydrogens is 367 g/mol. The number of benzene rings is 3. The molecule has 0 unspecified atom stereocenters. The Morgan fingerprint density at radius 2 is 1.83 bits per heavy atom. The van der Waals surface area contributed by atoms with Crippen molar-refractivity contribution in [3.63, 3.8) is 0 Å². The normalized spacial score (nSPS) is 14.0. The van der Waals surface area contributed by atoms with Crippen LogP contribution in [0.1, 0.15) is 39.5 Å². The van der Waals surface area contributed by atoms with Crippen molar-refractivity contribution in [3.05, 3.63) is 100 Å². The number of rotatable bonds is 5. The second-order valence-corrected chi connectivity index (χ2v) is 7.02. The molecule has 4 rings (SSSR count). The molecule has 3 nitrogen and oxygen atoms in total. The summed E-state index contributed by atoms with van der Waals surface area (Å²) in [5.74, 6) is 0.985. The van der Waals surface area contributed by atoms with Gasteiger partial charge in [0, 0.05) is 5.56 Å². The molecule has 3 aromatic rings. The van der Waals surface area contributed by atoms with Gasteiger partial charge in [0.25, 0.3) is 0 Å². The fourth-order valence-corrected chi connectivity index (χ4v) is 3.31. The number of fused-ring (bicyclic) bond motifs is 1. The van der Waals surface area contributed by atoms with Crippen molar-refractivity contribution >= 4 is 11.9 Å². The van der Waals surface area contributed by atoms with Crippen LogP contribution in [0.15, 0.2) is 66.4 Å². The van der Waals surface area contributed by atoms with Gasteiger partial charge in [0.15, 0.2) is 5.76 Å². The fraction of sp³-hybridized carbons (Fsp3) is 0.160. The maximum Gasteiger partial charge on any atom is 0.231 e. The van der Waals surface area contributed by atoms with Crippen molar-refractivity contribution in [2.24, 2.45) is 0 Å². The molecular formula is C25H21FO3. The topological polar surface area (TPSA) is 35.5 Å². The number of halogens is 1. The zero-order valence-corrected chi connectivity index (χ0v) is 16.4. The predicted molar refractivity (Wildman–Crippen MR) is 111 cm³/mol. The van der Waals surface area contributed by atoms with Gasteiger partial charge in [-0.15, -0.1) is 0 Å². The summed E-state index contributed by atoms with van der Waals surface area (Å²) in [5, 5.41) is 0. The van der Waals surface area contributed by atoms with Gasteiger partial charge in [0.1, 0.15) is 23.9 Å². The minimum absolute atomic E-state index is 0.139.